The van der Waals surface area contributed by atoms with E-state index in [-0.39, 0.29) is 36.3 Å². The number of halogens is 1. The average Bonchev–Trinajstić information content (AvgIpc) is 2.89. The normalized spacial score (nSPS) is 18.9. The summed E-state index contributed by atoms with van der Waals surface area (Å²) in [5.41, 5.74) is 0.286. The molecule has 2 atom stereocenters. The van der Waals surface area contributed by atoms with Gasteiger partial charge in [0.25, 0.3) is 5.91 Å². The number of benzene rings is 1. The lowest BCUT2D eigenvalue weighted by Crippen LogP contribution is -2.51. The summed E-state index contributed by atoms with van der Waals surface area (Å²) in [5.74, 6) is -1.26. The van der Waals surface area contributed by atoms with Gasteiger partial charge in [-0.2, -0.15) is 0 Å². The molecule has 0 aromatic heterocycles. The van der Waals surface area contributed by atoms with Gasteiger partial charge in [0.15, 0.2) is 0 Å². The van der Waals surface area contributed by atoms with Crippen LogP contribution in [-0.2, 0) is 14.4 Å². The molecule has 2 aliphatic heterocycles. The fourth-order valence-electron chi connectivity index (χ4n) is 4.60. The summed E-state index contributed by atoms with van der Waals surface area (Å²) in [6.07, 6.45) is 4.93. The van der Waals surface area contributed by atoms with E-state index in [9.17, 15) is 24.3 Å². The van der Waals surface area contributed by atoms with Crippen LogP contribution in [0.3, 0.4) is 0 Å². The Morgan fingerprint density at radius 2 is 1.83 bits per heavy atom. The van der Waals surface area contributed by atoms with Crippen LogP contribution in [0.4, 0.5) is 0 Å². The summed E-state index contributed by atoms with van der Waals surface area (Å²) in [6.45, 7) is 2.75. The van der Waals surface area contributed by atoms with Crippen LogP contribution < -0.4 is 20.7 Å². The van der Waals surface area contributed by atoms with Crippen LogP contribution in [0.1, 0.15) is 48.9 Å². The maximum absolute atomic E-state index is 12.7. The van der Waals surface area contributed by atoms with Crippen molar-refractivity contribution in [2.24, 2.45) is 11.8 Å². The van der Waals surface area contributed by atoms with Crippen molar-refractivity contribution in [3.63, 3.8) is 0 Å². The number of piperidine rings is 2. The third-order valence-electron chi connectivity index (χ3n) is 6.81. The van der Waals surface area contributed by atoms with Crippen molar-refractivity contribution in [3.8, 4) is 5.75 Å². The van der Waals surface area contributed by atoms with Gasteiger partial charge in [-0.05, 0) is 75.4 Å². The number of amides is 3. The minimum atomic E-state index is -1.28. The number of rotatable bonds is 10. The van der Waals surface area contributed by atoms with Crippen LogP contribution in [0.5, 0.6) is 5.75 Å². The number of ether oxygens (including phenoxy) is 1. The predicted molar refractivity (Wildman–Crippen MR) is 136 cm³/mol. The first-order valence-electron chi connectivity index (χ1n) is 12.3. The predicted octanol–water partition coefficient (Wildman–Crippen LogP) is 1.43. The summed E-state index contributed by atoms with van der Waals surface area (Å²) in [5, 5.41) is 17.9. The number of aliphatic carboxylic acids is 1. The molecule has 10 nitrogen and oxygen atoms in total. The molecule has 2 heterocycles. The van der Waals surface area contributed by atoms with Crippen molar-refractivity contribution in [2.75, 3.05) is 39.8 Å². The average molecular weight is 525 g/mol. The lowest BCUT2D eigenvalue weighted by Gasteiger charge is -2.33. The number of methoxy groups -OCH3 is 1. The third-order valence-corrected chi connectivity index (χ3v) is 6.81. The largest absolute Gasteiger partial charge is 0.497 e. The number of nitrogens with one attached hydrogen (secondary N) is 3. The minimum absolute atomic E-state index is 0. The van der Waals surface area contributed by atoms with E-state index in [4.69, 9.17) is 4.74 Å². The molecule has 3 amide bonds. The van der Waals surface area contributed by atoms with Gasteiger partial charge in [0.2, 0.25) is 11.8 Å². The highest BCUT2D eigenvalue weighted by Gasteiger charge is 2.30. The fraction of sp³-hybridized carbons (Fsp3) is 0.600. The summed E-state index contributed by atoms with van der Waals surface area (Å²) < 4.78 is 5.05. The minimum Gasteiger partial charge on any atom is -0.497 e. The van der Waals surface area contributed by atoms with Crippen molar-refractivity contribution < 1.29 is 29.0 Å². The maximum atomic E-state index is 12.7. The number of hydrogen-bond acceptors (Lipinski definition) is 6. The Morgan fingerprint density at radius 1 is 1.14 bits per heavy atom. The van der Waals surface area contributed by atoms with Gasteiger partial charge in [0, 0.05) is 31.6 Å². The van der Waals surface area contributed by atoms with Crippen molar-refractivity contribution in [1.29, 1.82) is 0 Å². The van der Waals surface area contributed by atoms with E-state index in [0.29, 0.717) is 37.6 Å². The van der Waals surface area contributed by atoms with E-state index >= 15 is 0 Å². The molecule has 2 saturated heterocycles. The van der Waals surface area contributed by atoms with Crippen LogP contribution in [0.25, 0.3) is 0 Å². The fourth-order valence-corrected chi connectivity index (χ4v) is 4.60. The second kappa shape index (κ2) is 14.6. The molecular weight excluding hydrogens is 488 g/mol. The molecule has 1 aromatic rings. The van der Waals surface area contributed by atoms with Gasteiger partial charge in [-0.3, -0.25) is 14.4 Å². The van der Waals surface area contributed by atoms with E-state index in [1.807, 2.05) is 0 Å². The molecule has 4 N–H and O–H groups in total. The summed E-state index contributed by atoms with van der Waals surface area (Å²) in [6, 6.07) is 5.00. The zero-order valence-corrected chi connectivity index (χ0v) is 21.5. The van der Waals surface area contributed by atoms with Gasteiger partial charge in [0.05, 0.1) is 13.0 Å². The number of nitrogens with zero attached hydrogens (tertiary/aromatic N) is 1. The molecule has 200 valence electrons. The zero-order valence-electron chi connectivity index (χ0n) is 20.7. The first-order chi connectivity index (χ1) is 16.9. The Hall–Kier alpha value is -2.85. The molecule has 0 unspecified atom stereocenters. The van der Waals surface area contributed by atoms with E-state index in [1.165, 1.54) is 19.2 Å². The van der Waals surface area contributed by atoms with Gasteiger partial charge in [0.1, 0.15) is 11.8 Å². The molecule has 0 bridgehead atoms. The van der Waals surface area contributed by atoms with Crippen molar-refractivity contribution in [3.05, 3.63) is 29.8 Å². The summed E-state index contributed by atoms with van der Waals surface area (Å²) >= 11 is 0. The number of carboxylic acid groups (broad SMARTS) is 1. The van der Waals surface area contributed by atoms with Gasteiger partial charge in [-0.25, -0.2) is 4.79 Å². The number of carboxylic acids is 1. The van der Waals surface area contributed by atoms with E-state index in [0.717, 1.165) is 38.8 Å². The summed E-state index contributed by atoms with van der Waals surface area (Å²) in [7, 11) is 1.51. The first-order valence-corrected chi connectivity index (χ1v) is 12.3. The van der Waals surface area contributed by atoms with E-state index in [2.05, 4.69) is 16.0 Å². The quantitative estimate of drug-likeness (QED) is 0.363. The van der Waals surface area contributed by atoms with E-state index in [1.54, 1.807) is 17.0 Å². The second-order valence-corrected chi connectivity index (χ2v) is 9.25. The molecule has 0 saturated carbocycles. The number of carbonyl (C=O) groups excluding carboxylic acids is 3. The second-order valence-electron chi connectivity index (χ2n) is 9.25. The molecule has 2 fully saturated rings. The lowest BCUT2D eigenvalue weighted by atomic mass is 9.92. The molecule has 1 aromatic carbocycles. The highest BCUT2D eigenvalue weighted by atomic mass is 35.5. The Bertz CT molecular complexity index is 891. The van der Waals surface area contributed by atoms with Crippen molar-refractivity contribution >= 4 is 36.1 Å². The van der Waals surface area contributed by atoms with Crippen LogP contribution >= 0.6 is 12.4 Å². The van der Waals surface area contributed by atoms with Crippen LogP contribution in [0.2, 0.25) is 0 Å². The Labute approximate surface area is 217 Å². The molecule has 36 heavy (non-hydrogen) atoms. The number of hydrogen-bond donors (Lipinski definition) is 4. The first kappa shape index (κ1) is 29.4. The van der Waals surface area contributed by atoms with Crippen molar-refractivity contribution in [2.45, 2.75) is 44.6 Å². The maximum Gasteiger partial charge on any atom is 0.328 e. The molecule has 3 rings (SSSR count). The third kappa shape index (κ3) is 8.67. The van der Waals surface area contributed by atoms with Gasteiger partial charge in [-0.1, -0.05) is 0 Å². The molecule has 11 heteroatoms. The van der Waals surface area contributed by atoms with E-state index < -0.39 is 23.8 Å². The highest BCUT2D eigenvalue weighted by molar-refractivity contribution is 5.96. The monoisotopic (exact) mass is 524 g/mol. The Morgan fingerprint density at radius 3 is 2.47 bits per heavy atom. The standard InChI is InChI=1S/C25H36N4O6.ClH/c1-35-20-7-5-18(6-8-20)24(32)28-21(25(33)34)15-27-23(31)19-3-2-14-29(16-19)22(30)9-4-17-10-12-26-13-11-17;/h5-8,17,19,21,26H,2-4,9-16H2,1H3,(H,27,31)(H,28,32)(H,33,34);1H/t19-,21+;/m1./s1. The molecule has 2 aliphatic rings. The number of likely N-dealkylation sites (tertiary alicyclic amines) is 1. The number of carbonyl (C=O) groups is 4. The van der Waals surface area contributed by atoms with Crippen molar-refractivity contribution in [1.82, 2.24) is 20.9 Å². The van der Waals surface area contributed by atoms with Crippen LogP contribution in [0.15, 0.2) is 24.3 Å². The van der Waals surface area contributed by atoms with Crippen LogP contribution in [-0.4, -0.2) is 79.6 Å². The molecule has 0 radical (unpaired) electrons. The molecular formula is C25H37ClN4O6. The SMILES string of the molecule is COc1ccc(C(=O)N[C@@H](CNC(=O)[C@@H]2CCCN(C(=O)CCC3CCNCC3)C2)C(=O)O)cc1.Cl. The molecule has 0 spiro atoms. The Balaban J connectivity index is 0.00000456. The highest BCUT2D eigenvalue weighted by Crippen LogP contribution is 2.21. The summed E-state index contributed by atoms with van der Waals surface area (Å²) in [4.78, 5) is 51.3. The van der Waals surface area contributed by atoms with Gasteiger partial charge >= 0.3 is 5.97 Å². The Kier molecular flexibility index (Phi) is 12.0. The van der Waals surface area contributed by atoms with Gasteiger partial charge < -0.3 is 30.7 Å². The van der Waals surface area contributed by atoms with Crippen LogP contribution in [0, 0.1) is 11.8 Å². The van der Waals surface area contributed by atoms with Gasteiger partial charge in [-0.15, -0.1) is 12.4 Å². The topological polar surface area (TPSA) is 137 Å². The molecule has 0 aliphatic carbocycles. The lowest BCUT2D eigenvalue weighted by molar-refractivity contribution is -0.139. The smallest absolute Gasteiger partial charge is 0.328 e. The zero-order chi connectivity index (χ0) is 25.2.